The molecule has 16 heavy (non-hydrogen) atoms. The van der Waals surface area contributed by atoms with Gasteiger partial charge in [-0.05, 0) is 11.8 Å². The predicted molar refractivity (Wildman–Crippen MR) is 58.5 cm³/mol. The molecule has 3 rings (SSSR count). The molecule has 3 aromatic heterocycles. The fourth-order valence-corrected chi connectivity index (χ4v) is 2.30. The normalized spacial score (nSPS) is 11.1. The van der Waals surface area contributed by atoms with E-state index in [2.05, 4.69) is 25.0 Å². The number of nitrogens with one attached hydrogen (secondary N) is 1. The van der Waals surface area contributed by atoms with E-state index in [0.717, 1.165) is 10.2 Å². The van der Waals surface area contributed by atoms with Gasteiger partial charge < -0.3 is 4.98 Å². The Kier molecular flexibility index (Phi) is 2.26. The molecular weight excluding hydrogens is 248 g/mol. The molecule has 0 saturated heterocycles. The van der Waals surface area contributed by atoms with E-state index < -0.39 is 0 Å². The summed E-state index contributed by atoms with van der Waals surface area (Å²) in [7, 11) is 0. The lowest BCUT2D eigenvalue weighted by molar-refractivity contribution is 0.839. The quantitative estimate of drug-likeness (QED) is 0.702. The summed E-state index contributed by atoms with van der Waals surface area (Å²) >= 11 is 7.30. The minimum absolute atomic E-state index is 0.384. The molecule has 0 aliphatic rings. The van der Waals surface area contributed by atoms with E-state index in [1.54, 1.807) is 23.0 Å². The Hall–Kier alpha value is -1.60. The first-order chi connectivity index (χ1) is 7.83. The van der Waals surface area contributed by atoms with Gasteiger partial charge in [0.15, 0.2) is 5.16 Å². The van der Waals surface area contributed by atoms with Crippen LogP contribution in [0.5, 0.6) is 0 Å². The van der Waals surface area contributed by atoms with Crippen LogP contribution in [0.15, 0.2) is 35.0 Å². The van der Waals surface area contributed by atoms with Gasteiger partial charge in [-0.3, -0.25) is 0 Å². The number of aromatic amines is 1. The zero-order chi connectivity index (χ0) is 11.0. The topological polar surface area (TPSA) is 71.8 Å². The number of H-pyrrole nitrogens is 1. The highest BCUT2D eigenvalue weighted by Crippen LogP contribution is 2.25. The van der Waals surface area contributed by atoms with Crippen LogP contribution in [0.1, 0.15) is 0 Å². The fraction of sp³-hybridized carbons (Fsp3) is 0. The first-order valence-corrected chi connectivity index (χ1v) is 5.56. The van der Waals surface area contributed by atoms with E-state index in [1.807, 2.05) is 0 Å². The van der Waals surface area contributed by atoms with Crippen LogP contribution in [0, 0.1) is 0 Å². The molecule has 0 unspecified atom stereocenters. The van der Waals surface area contributed by atoms with Crippen molar-refractivity contribution in [3.05, 3.63) is 29.9 Å². The summed E-state index contributed by atoms with van der Waals surface area (Å²) in [6.07, 6.45) is 4.87. The van der Waals surface area contributed by atoms with Gasteiger partial charge in [-0.25, -0.2) is 4.98 Å². The monoisotopic (exact) mass is 252 g/mol. The van der Waals surface area contributed by atoms with Crippen LogP contribution in [-0.2, 0) is 0 Å². The lowest BCUT2D eigenvalue weighted by atomic mass is 10.7. The van der Waals surface area contributed by atoms with Gasteiger partial charge in [-0.15, -0.1) is 0 Å². The van der Waals surface area contributed by atoms with E-state index >= 15 is 0 Å². The summed E-state index contributed by atoms with van der Waals surface area (Å²) < 4.78 is 1.61. The molecule has 6 nitrogen and oxygen atoms in total. The third kappa shape index (κ3) is 1.63. The van der Waals surface area contributed by atoms with Crippen LogP contribution < -0.4 is 0 Å². The zero-order valence-electron chi connectivity index (χ0n) is 7.83. The first kappa shape index (κ1) is 9.61. The van der Waals surface area contributed by atoms with Crippen molar-refractivity contribution < 1.29 is 0 Å². The SMILES string of the molecule is Clc1cc(Sc2ncc[nH]2)n2ncnc2n1. The van der Waals surface area contributed by atoms with Crippen molar-refractivity contribution in [1.29, 1.82) is 0 Å². The van der Waals surface area contributed by atoms with Crippen LogP contribution in [0.3, 0.4) is 0 Å². The van der Waals surface area contributed by atoms with Gasteiger partial charge in [-0.1, -0.05) is 11.6 Å². The summed E-state index contributed by atoms with van der Waals surface area (Å²) in [6.45, 7) is 0. The third-order valence-corrected chi connectivity index (χ3v) is 2.97. The molecule has 0 aliphatic heterocycles. The van der Waals surface area contributed by atoms with E-state index in [-0.39, 0.29) is 0 Å². The van der Waals surface area contributed by atoms with Crippen molar-refractivity contribution in [2.45, 2.75) is 10.2 Å². The van der Waals surface area contributed by atoms with Gasteiger partial charge in [0.25, 0.3) is 5.78 Å². The Labute approximate surface area is 99.1 Å². The lowest BCUT2D eigenvalue weighted by Gasteiger charge is -2.01. The lowest BCUT2D eigenvalue weighted by Crippen LogP contribution is -1.95. The fourth-order valence-electron chi connectivity index (χ4n) is 1.24. The van der Waals surface area contributed by atoms with Crippen LogP contribution in [0.4, 0.5) is 0 Å². The van der Waals surface area contributed by atoms with Crippen LogP contribution >= 0.6 is 23.4 Å². The number of imidazole rings is 1. The Bertz CT molecular complexity index is 619. The smallest absolute Gasteiger partial charge is 0.254 e. The van der Waals surface area contributed by atoms with Gasteiger partial charge in [0.05, 0.1) is 0 Å². The molecule has 3 heterocycles. The van der Waals surface area contributed by atoms with Crippen molar-refractivity contribution in [3.8, 4) is 0 Å². The summed E-state index contributed by atoms with van der Waals surface area (Å²) in [6, 6.07) is 1.72. The van der Waals surface area contributed by atoms with Gasteiger partial charge in [0, 0.05) is 18.5 Å². The second-order valence-corrected chi connectivity index (χ2v) is 4.28. The molecule has 0 radical (unpaired) electrons. The maximum atomic E-state index is 5.88. The number of hydrogen-bond acceptors (Lipinski definition) is 5. The summed E-state index contributed by atoms with van der Waals surface area (Å²) in [5, 5.41) is 6.02. The molecule has 0 spiro atoms. The maximum absolute atomic E-state index is 5.88. The molecule has 1 N–H and O–H groups in total. The van der Waals surface area contributed by atoms with E-state index in [0.29, 0.717) is 10.9 Å². The van der Waals surface area contributed by atoms with Crippen LogP contribution in [-0.4, -0.2) is 29.5 Å². The Morgan fingerprint density at radius 1 is 1.38 bits per heavy atom. The molecule has 0 saturated carbocycles. The van der Waals surface area contributed by atoms with Gasteiger partial charge in [0.2, 0.25) is 0 Å². The molecule has 0 aliphatic carbocycles. The molecule has 0 amide bonds. The highest BCUT2D eigenvalue weighted by Gasteiger charge is 2.08. The van der Waals surface area contributed by atoms with E-state index in [4.69, 9.17) is 11.6 Å². The summed E-state index contributed by atoms with van der Waals surface area (Å²) in [5.74, 6) is 0.474. The predicted octanol–water partition coefficient (Wildman–Crippen LogP) is 1.65. The second kappa shape index (κ2) is 3.76. The van der Waals surface area contributed by atoms with Crippen LogP contribution in [0.2, 0.25) is 5.15 Å². The highest BCUT2D eigenvalue weighted by atomic mass is 35.5. The number of fused-ring (bicyclic) bond motifs is 1. The molecule has 0 atom stereocenters. The Morgan fingerprint density at radius 3 is 3.12 bits per heavy atom. The maximum Gasteiger partial charge on any atom is 0.254 e. The minimum atomic E-state index is 0.384. The van der Waals surface area contributed by atoms with Crippen molar-refractivity contribution in [3.63, 3.8) is 0 Å². The Balaban J connectivity index is 2.11. The Morgan fingerprint density at radius 2 is 2.31 bits per heavy atom. The highest BCUT2D eigenvalue weighted by molar-refractivity contribution is 7.99. The summed E-state index contributed by atoms with van der Waals surface area (Å²) in [5.41, 5.74) is 0. The number of aromatic nitrogens is 6. The van der Waals surface area contributed by atoms with Gasteiger partial charge in [0.1, 0.15) is 16.5 Å². The van der Waals surface area contributed by atoms with Crippen molar-refractivity contribution in [2.24, 2.45) is 0 Å². The molecule has 0 fully saturated rings. The van der Waals surface area contributed by atoms with Crippen molar-refractivity contribution in [1.82, 2.24) is 29.5 Å². The van der Waals surface area contributed by atoms with Crippen LogP contribution in [0.25, 0.3) is 5.78 Å². The van der Waals surface area contributed by atoms with Crippen molar-refractivity contribution in [2.75, 3.05) is 0 Å². The molecule has 8 heteroatoms. The summed E-state index contributed by atoms with van der Waals surface area (Å²) in [4.78, 5) is 15.1. The minimum Gasteiger partial charge on any atom is -0.339 e. The second-order valence-electron chi connectivity index (χ2n) is 2.89. The number of nitrogens with zero attached hydrogens (tertiary/aromatic N) is 5. The molecule has 3 aromatic rings. The molecule has 80 valence electrons. The largest absolute Gasteiger partial charge is 0.339 e. The average Bonchev–Trinajstić information content (AvgIpc) is 2.87. The van der Waals surface area contributed by atoms with Gasteiger partial charge in [-0.2, -0.15) is 19.6 Å². The average molecular weight is 253 g/mol. The van der Waals surface area contributed by atoms with Gasteiger partial charge >= 0.3 is 0 Å². The number of hydrogen-bond donors (Lipinski definition) is 1. The third-order valence-electron chi connectivity index (χ3n) is 1.86. The standard InChI is InChI=1S/C8H5ClN6S/c9-5-3-6(16-8-10-1-2-11-8)15-7(14-5)12-4-13-15/h1-4H,(H,10,11). The zero-order valence-corrected chi connectivity index (χ0v) is 9.40. The van der Waals surface area contributed by atoms with Crippen molar-refractivity contribution >= 4 is 29.1 Å². The molecular formula is C8H5ClN6S. The van der Waals surface area contributed by atoms with E-state index in [9.17, 15) is 0 Å². The van der Waals surface area contributed by atoms with E-state index in [1.165, 1.54) is 18.1 Å². The molecule has 0 bridgehead atoms. The number of halogens is 1. The first-order valence-electron chi connectivity index (χ1n) is 4.36. The number of rotatable bonds is 2. The molecule has 0 aromatic carbocycles.